The number of nitrogens with one attached hydrogen (secondary N) is 3. The highest BCUT2D eigenvalue weighted by atomic mass is 16.2. The molecular weight excluding hydrogens is 274 g/mol. The molecule has 0 bridgehead atoms. The van der Waals surface area contributed by atoms with E-state index in [9.17, 15) is 4.79 Å². The van der Waals surface area contributed by atoms with E-state index in [0.29, 0.717) is 12.0 Å². The molecule has 0 radical (unpaired) electrons. The molecule has 1 saturated heterocycles. The van der Waals surface area contributed by atoms with Crippen molar-refractivity contribution in [3.63, 3.8) is 0 Å². The molecule has 2 fully saturated rings. The van der Waals surface area contributed by atoms with E-state index in [4.69, 9.17) is 0 Å². The van der Waals surface area contributed by atoms with Gasteiger partial charge in [-0.2, -0.15) is 0 Å². The van der Waals surface area contributed by atoms with Crippen LogP contribution in [0.4, 0.5) is 0 Å². The summed E-state index contributed by atoms with van der Waals surface area (Å²) in [6.07, 6.45) is 5.66. The van der Waals surface area contributed by atoms with Gasteiger partial charge in [0.05, 0.1) is 0 Å². The summed E-state index contributed by atoms with van der Waals surface area (Å²) in [6, 6.07) is 9.16. The van der Waals surface area contributed by atoms with Gasteiger partial charge in [0, 0.05) is 18.5 Å². The second-order valence-corrected chi connectivity index (χ2v) is 6.60. The third-order valence-corrected chi connectivity index (χ3v) is 5.08. The zero-order valence-electron chi connectivity index (χ0n) is 13.4. The molecule has 1 aliphatic heterocycles. The van der Waals surface area contributed by atoms with Crippen LogP contribution in [0, 0.1) is 11.8 Å². The SMILES string of the molecule is CCNCc1cccc(CC2NNC(=O)C3CCCCC23)c1. The molecule has 0 spiro atoms. The Kier molecular flexibility index (Phi) is 5.11. The normalized spacial score (nSPS) is 28.0. The van der Waals surface area contributed by atoms with E-state index in [1.54, 1.807) is 0 Å². The van der Waals surface area contributed by atoms with Crippen molar-refractivity contribution >= 4 is 5.91 Å². The Balaban J connectivity index is 1.68. The zero-order chi connectivity index (χ0) is 15.4. The van der Waals surface area contributed by atoms with E-state index in [2.05, 4.69) is 47.4 Å². The molecule has 1 saturated carbocycles. The van der Waals surface area contributed by atoms with Crippen LogP contribution in [0.1, 0.15) is 43.7 Å². The minimum atomic E-state index is 0.196. The Morgan fingerprint density at radius 1 is 1.23 bits per heavy atom. The summed E-state index contributed by atoms with van der Waals surface area (Å²) in [5.41, 5.74) is 8.85. The largest absolute Gasteiger partial charge is 0.313 e. The van der Waals surface area contributed by atoms with Crippen molar-refractivity contribution in [1.82, 2.24) is 16.2 Å². The molecule has 1 aromatic rings. The summed E-state index contributed by atoms with van der Waals surface area (Å²) in [4.78, 5) is 12.0. The maximum atomic E-state index is 12.0. The molecule has 2 aliphatic rings. The van der Waals surface area contributed by atoms with Crippen LogP contribution in [-0.4, -0.2) is 18.5 Å². The van der Waals surface area contributed by atoms with Gasteiger partial charge in [-0.15, -0.1) is 0 Å². The Morgan fingerprint density at radius 2 is 2.05 bits per heavy atom. The van der Waals surface area contributed by atoms with Crippen molar-refractivity contribution < 1.29 is 4.79 Å². The fraction of sp³-hybridized carbons (Fsp3) is 0.611. The molecule has 1 aliphatic carbocycles. The summed E-state index contributed by atoms with van der Waals surface area (Å²) in [7, 11) is 0. The molecule has 3 unspecified atom stereocenters. The summed E-state index contributed by atoms with van der Waals surface area (Å²) in [5.74, 6) is 0.895. The summed E-state index contributed by atoms with van der Waals surface area (Å²) in [5, 5.41) is 3.37. The molecule has 3 N–H and O–H groups in total. The fourth-order valence-corrected chi connectivity index (χ4v) is 3.92. The lowest BCUT2D eigenvalue weighted by molar-refractivity contribution is -0.133. The van der Waals surface area contributed by atoms with E-state index >= 15 is 0 Å². The van der Waals surface area contributed by atoms with Crippen LogP contribution >= 0.6 is 0 Å². The van der Waals surface area contributed by atoms with Crippen LogP contribution in [0.25, 0.3) is 0 Å². The average Bonchev–Trinajstić information content (AvgIpc) is 2.56. The van der Waals surface area contributed by atoms with Gasteiger partial charge >= 0.3 is 0 Å². The smallest absolute Gasteiger partial charge is 0.237 e. The highest BCUT2D eigenvalue weighted by Gasteiger charge is 2.39. The first-order valence-corrected chi connectivity index (χ1v) is 8.62. The first kappa shape index (κ1) is 15.5. The highest BCUT2D eigenvalue weighted by molar-refractivity contribution is 5.79. The molecule has 3 atom stereocenters. The lowest BCUT2D eigenvalue weighted by atomic mass is 9.72. The lowest BCUT2D eigenvalue weighted by Gasteiger charge is -2.41. The van der Waals surface area contributed by atoms with Crippen molar-refractivity contribution in [1.29, 1.82) is 0 Å². The van der Waals surface area contributed by atoms with Gasteiger partial charge in [-0.1, -0.05) is 44.0 Å². The minimum absolute atomic E-state index is 0.196. The highest BCUT2D eigenvalue weighted by Crippen LogP contribution is 2.35. The van der Waals surface area contributed by atoms with E-state index in [1.165, 1.54) is 30.4 Å². The average molecular weight is 301 g/mol. The zero-order valence-corrected chi connectivity index (χ0v) is 13.4. The van der Waals surface area contributed by atoms with Crippen molar-refractivity contribution in [3.8, 4) is 0 Å². The predicted octanol–water partition coefficient (Wildman–Crippen LogP) is 2.15. The number of hydrazine groups is 1. The van der Waals surface area contributed by atoms with Crippen LogP contribution < -0.4 is 16.2 Å². The number of hydrogen-bond donors (Lipinski definition) is 3. The van der Waals surface area contributed by atoms with Crippen molar-refractivity contribution in [3.05, 3.63) is 35.4 Å². The first-order valence-electron chi connectivity index (χ1n) is 8.62. The van der Waals surface area contributed by atoms with Crippen molar-refractivity contribution in [2.45, 2.75) is 51.6 Å². The number of carbonyl (C=O) groups is 1. The molecule has 1 heterocycles. The van der Waals surface area contributed by atoms with E-state index in [-0.39, 0.29) is 11.8 Å². The van der Waals surface area contributed by atoms with Gasteiger partial charge in [0.15, 0.2) is 0 Å². The van der Waals surface area contributed by atoms with Gasteiger partial charge < -0.3 is 5.32 Å². The van der Waals surface area contributed by atoms with Gasteiger partial charge in [-0.05, 0) is 42.9 Å². The maximum absolute atomic E-state index is 12.0. The number of carbonyl (C=O) groups excluding carboxylic acids is 1. The van der Waals surface area contributed by atoms with Crippen LogP contribution in [0.2, 0.25) is 0 Å². The van der Waals surface area contributed by atoms with Crippen LogP contribution in [0.3, 0.4) is 0 Å². The molecule has 3 rings (SSSR count). The first-order chi connectivity index (χ1) is 10.8. The van der Waals surface area contributed by atoms with Crippen LogP contribution in [-0.2, 0) is 17.8 Å². The quantitative estimate of drug-likeness (QED) is 0.781. The second kappa shape index (κ2) is 7.25. The summed E-state index contributed by atoms with van der Waals surface area (Å²) in [6.45, 7) is 4.04. The number of rotatable bonds is 5. The Hall–Kier alpha value is -1.39. The van der Waals surface area contributed by atoms with Gasteiger partial charge in [0.2, 0.25) is 5.91 Å². The van der Waals surface area contributed by atoms with Gasteiger partial charge in [-0.25, -0.2) is 5.43 Å². The monoisotopic (exact) mass is 301 g/mol. The van der Waals surface area contributed by atoms with Crippen LogP contribution in [0.5, 0.6) is 0 Å². The van der Waals surface area contributed by atoms with Gasteiger partial charge in [0.25, 0.3) is 0 Å². The number of amides is 1. The summed E-state index contributed by atoms with van der Waals surface area (Å²) >= 11 is 0. The van der Waals surface area contributed by atoms with E-state index in [0.717, 1.165) is 25.9 Å². The maximum Gasteiger partial charge on any atom is 0.237 e. The standard InChI is InChI=1S/C18H27N3O/c1-2-19-12-14-7-5-6-13(10-14)11-17-15-8-3-4-9-16(15)18(22)21-20-17/h5-7,10,15-17,19-20H,2-4,8-9,11-12H2,1H3,(H,21,22). The topological polar surface area (TPSA) is 53.2 Å². The third-order valence-electron chi connectivity index (χ3n) is 5.08. The molecule has 22 heavy (non-hydrogen) atoms. The number of fused-ring (bicyclic) bond motifs is 1. The molecule has 0 aromatic heterocycles. The predicted molar refractivity (Wildman–Crippen MR) is 88.0 cm³/mol. The molecule has 1 aromatic carbocycles. The summed E-state index contributed by atoms with van der Waals surface area (Å²) < 4.78 is 0. The Morgan fingerprint density at radius 3 is 2.91 bits per heavy atom. The molecule has 120 valence electrons. The van der Waals surface area contributed by atoms with E-state index < -0.39 is 0 Å². The number of benzene rings is 1. The van der Waals surface area contributed by atoms with Gasteiger partial charge in [-0.3, -0.25) is 10.2 Å². The Labute approximate surface area is 133 Å². The fourth-order valence-electron chi connectivity index (χ4n) is 3.92. The van der Waals surface area contributed by atoms with Crippen molar-refractivity contribution in [2.24, 2.45) is 11.8 Å². The van der Waals surface area contributed by atoms with Gasteiger partial charge in [0.1, 0.15) is 0 Å². The molecular formula is C18H27N3O. The van der Waals surface area contributed by atoms with Crippen molar-refractivity contribution in [2.75, 3.05) is 6.54 Å². The second-order valence-electron chi connectivity index (χ2n) is 6.60. The number of hydrogen-bond acceptors (Lipinski definition) is 3. The minimum Gasteiger partial charge on any atom is -0.313 e. The molecule has 1 amide bonds. The molecule has 4 heteroatoms. The molecule has 4 nitrogen and oxygen atoms in total. The van der Waals surface area contributed by atoms with E-state index in [1.807, 2.05) is 0 Å². The third kappa shape index (κ3) is 3.50. The lowest BCUT2D eigenvalue weighted by Crippen LogP contribution is -2.60. The Bertz CT molecular complexity index is 517. The van der Waals surface area contributed by atoms with Crippen LogP contribution in [0.15, 0.2) is 24.3 Å².